The molecule has 106 valence electrons. The zero-order valence-electron chi connectivity index (χ0n) is 10.9. The summed E-state index contributed by atoms with van der Waals surface area (Å²) in [5, 5.41) is -0.207. The summed E-state index contributed by atoms with van der Waals surface area (Å²) in [6.45, 7) is 1.05. The Labute approximate surface area is 116 Å². The van der Waals surface area contributed by atoms with Gasteiger partial charge in [-0.1, -0.05) is 11.6 Å². The quantitative estimate of drug-likeness (QED) is 0.630. The van der Waals surface area contributed by atoms with Crippen molar-refractivity contribution < 1.29 is 18.3 Å². The fourth-order valence-electron chi connectivity index (χ4n) is 2.33. The molecule has 1 saturated heterocycles. The molecule has 0 amide bonds. The number of hydrogen-bond donors (Lipinski definition) is 0. The van der Waals surface area contributed by atoms with Gasteiger partial charge in [0.25, 0.3) is 0 Å². The van der Waals surface area contributed by atoms with Gasteiger partial charge in [0.2, 0.25) is 0 Å². The van der Waals surface area contributed by atoms with Crippen molar-refractivity contribution in [3.8, 4) is 0 Å². The summed E-state index contributed by atoms with van der Waals surface area (Å²) in [7, 11) is 3.17. The van der Waals surface area contributed by atoms with Gasteiger partial charge in [-0.15, -0.1) is 0 Å². The van der Waals surface area contributed by atoms with Crippen LogP contribution in [0.4, 0.5) is 14.5 Å². The third-order valence-corrected chi connectivity index (χ3v) is 3.89. The Hall–Kier alpha value is -0.910. The summed E-state index contributed by atoms with van der Waals surface area (Å²) in [5.41, 5.74) is 0.225. The second-order valence-electron chi connectivity index (χ2n) is 4.52. The van der Waals surface area contributed by atoms with Crippen molar-refractivity contribution in [2.24, 2.45) is 0 Å². The fourth-order valence-corrected chi connectivity index (χ4v) is 2.48. The molecule has 0 N–H and O–H groups in total. The van der Waals surface area contributed by atoms with E-state index in [4.69, 9.17) is 21.1 Å². The van der Waals surface area contributed by atoms with Crippen LogP contribution in [0.3, 0.4) is 0 Å². The molecule has 1 aromatic rings. The predicted molar refractivity (Wildman–Crippen MR) is 69.6 cm³/mol. The Morgan fingerprint density at radius 3 is 2.21 bits per heavy atom. The van der Waals surface area contributed by atoms with Crippen LogP contribution in [0.15, 0.2) is 12.1 Å². The molecule has 1 fully saturated rings. The van der Waals surface area contributed by atoms with Crippen molar-refractivity contribution in [3.63, 3.8) is 0 Å². The minimum absolute atomic E-state index is 0.207. The summed E-state index contributed by atoms with van der Waals surface area (Å²) in [5.74, 6) is -1.76. The first-order valence-electron chi connectivity index (χ1n) is 6.01. The van der Waals surface area contributed by atoms with Crippen LogP contribution in [0.25, 0.3) is 0 Å². The van der Waals surface area contributed by atoms with Crippen LogP contribution < -0.4 is 4.90 Å². The maximum atomic E-state index is 13.8. The highest BCUT2D eigenvalue weighted by Crippen LogP contribution is 2.32. The SMILES string of the molecule is COC1(OC)CCN(c2cc(F)c(Cl)cc2F)CC1. The first-order valence-corrected chi connectivity index (χ1v) is 6.39. The number of ether oxygens (including phenoxy) is 2. The van der Waals surface area contributed by atoms with Crippen molar-refractivity contribution in [3.05, 3.63) is 28.8 Å². The fraction of sp³-hybridized carbons (Fsp3) is 0.538. The summed E-state index contributed by atoms with van der Waals surface area (Å²) in [6, 6.07) is 2.13. The third-order valence-electron chi connectivity index (χ3n) is 3.60. The zero-order valence-corrected chi connectivity index (χ0v) is 11.6. The monoisotopic (exact) mass is 291 g/mol. The average molecular weight is 292 g/mol. The summed E-state index contributed by atoms with van der Waals surface area (Å²) in [6.07, 6.45) is 1.17. The highest BCUT2D eigenvalue weighted by Gasteiger charge is 2.35. The molecule has 1 aliphatic rings. The van der Waals surface area contributed by atoms with Crippen LogP contribution in [0.1, 0.15) is 12.8 Å². The Morgan fingerprint density at radius 2 is 1.68 bits per heavy atom. The standard InChI is InChI=1S/C13H16ClF2NO2/c1-18-13(19-2)3-5-17(6-4-13)12-8-10(15)9(14)7-11(12)16/h7-8H,3-6H2,1-2H3. The van der Waals surface area contributed by atoms with Gasteiger partial charge in [0.15, 0.2) is 5.79 Å². The summed E-state index contributed by atoms with van der Waals surface area (Å²) >= 11 is 5.54. The van der Waals surface area contributed by atoms with Crippen molar-refractivity contribution in [1.29, 1.82) is 0 Å². The minimum Gasteiger partial charge on any atom is -0.369 e. The van der Waals surface area contributed by atoms with E-state index in [9.17, 15) is 8.78 Å². The molecule has 0 unspecified atom stereocenters. The van der Waals surface area contributed by atoms with Crippen molar-refractivity contribution in [2.75, 3.05) is 32.2 Å². The Kier molecular flexibility index (Phi) is 4.28. The van der Waals surface area contributed by atoms with Crippen LogP contribution >= 0.6 is 11.6 Å². The Bertz CT molecular complexity index is 456. The topological polar surface area (TPSA) is 21.7 Å². The first kappa shape index (κ1) is 14.5. The predicted octanol–water partition coefficient (Wildman–Crippen LogP) is 3.21. The van der Waals surface area contributed by atoms with Gasteiger partial charge < -0.3 is 14.4 Å². The molecule has 0 atom stereocenters. The lowest BCUT2D eigenvalue weighted by molar-refractivity contribution is -0.216. The molecule has 19 heavy (non-hydrogen) atoms. The molecule has 1 aliphatic heterocycles. The van der Waals surface area contributed by atoms with E-state index >= 15 is 0 Å². The molecule has 0 aromatic heterocycles. The molecule has 1 heterocycles. The minimum atomic E-state index is -0.627. The molecule has 0 radical (unpaired) electrons. The van der Waals surface area contributed by atoms with E-state index in [2.05, 4.69) is 0 Å². The van der Waals surface area contributed by atoms with E-state index in [0.29, 0.717) is 25.9 Å². The van der Waals surface area contributed by atoms with Crippen LogP contribution in [-0.4, -0.2) is 33.1 Å². The van der Waals surface area contributed by atoms with Crippen molar-refractivity contribution >= 4 is 17.3 Å². The lowest BCUT2D eigenvalue weighted by Gasteiger charge is -2.40. The summed E-state index contributed by atoms with van der Waals surface area (Å²) < 4.78 is 37.9. The lowest BCUT2D eigenvalue weighted by atomic mass is 10.0. The number of nitrogens with zero attached hydrogens (tertiary/aromatic N) is 1. The van der Waals surface area contributed by atoms with E-state index in [-0.39, 0.29) is 10.7 Å². The molecule has 1 aromatic carbocycles. The second kappa shape index (κ2) is 5.61. The molecule has 6 heteroatoms. The van der Waals surface area contributed by atoms with Crippen LogP contribution in [0.5, 0.6) is 0 Å². The number of benzene rings is 1. The molecule has 0 saturated carbocycles. The highest BCUT2D eigenvalue weighted by molar-refractivity contribution is 6.30. The van der Waals surface area contributed by atoms with Crippen molar-refractivity contribution in [2.45, 2.75) is 18.6 Å². The number of piperidine rings is 1. The van der Waals surface area contributed by atoms with E-state index in [1.165, 1.54) is 0 Å². The first-order chi connectivity index (χ1) is 9.01. The maximum absolute atomic E-state index is 13.8. The smallest absolute Gasteiger partial charge is 0.170 e. The molecule has 2 rings (SSSR count). The Morgan fingerprint density at radius 1 is 1.11 bits per heavy atom. The normalized spacial score (nSPS) is 18.7. The van der Waals surface area contributed by atoms with E-state index in [1.54, 1.807) is 19.1 Å². The van der Waals surface area contributed by atoms with Gasteiger partial charge >= 0.3 is 0 Å². The second-order valence-corrected chi connectivity index (χ2v) is 4.93. The highest BCUT2D eigenvalue weighted by atomic mass is 35.5. The zero-order chi connectivity index (χ0) is 14.0. The number of rotatable bonds is 3. The molecule has 0 aliphatic carbocycles. The van der Waals surface area contributed by atoms with Gasteiger partial charge in [0, 0.05) is 46.2 Å². The summed E-state index contributed by atoms with van der Waals surface area (Å²) in [4.78, 5) is 1.77. The maximum Gasteiger partial charge on any atom is 0.170 e. The van der Waals surface area contributed by atoms with E-state index in [1.807, 2.05) is 0 Å². The van der Waals surface area contributed by atoms with Gasteiger partial charge in [-0.2, -0.15) is 0 Å². The van der Waals surface area contributed by atoms with Gasteiger partial charge in [0.1, 0.15) is 11.6 Å². The van der Waals surface area contributed by atoms with Gasteiger partial charge in [-0.05, 0) is 6.07 Å². The van der Waals surface area contributed by atoms with Crippen molar-refractivity contribution in [1.82, 2.24) is 0 Å². The number of anilines is 1. The van der Waals surface area contributed by atoms with Crippen LogP contribution in [0.2, 0.25) is 5.02 Å². The molecule has 0 bridgehead atoms. The van der Waals surface area contributed by atoms with Gasteiger partial charge in [-0.3, -0.25) is 0 Å². The van der Waals surface area contributed by atoms with E-state index < -0.39 is 17.4 Å². The lowest BCUT2D eigenvalue weighted by Crippen LogP contribution is -2.47. The Balaban J connectivity index is 2.16. The van der Waals surface area contributed by atoms with Crippen LogP contribution in [-0.2, 0) is 9.47 Å². The van der Waals surface area contributed by atoms with Crippen LogP contribution in [0, 0.1) is 11.6 Å². The molecular formula is C13H16ClF2NO2. The van der Waals surface area contributed by atoms with E-state index in [0.717, 1.165) is 12.1 Å². The molecule has 3 nitrogen and oxygen atoms in total. The number of hydrogen-bond acceptors (Lipinski definition) is 3. The van der Waals surface area contributed by atoms with Gasteiger partial charge in [-0.25, -0.2) is 8.78 Å². The number of methoxy groups -OCH3 is 2. The number of halogens is 3. The third kappa shape index (κ3) is 2.83. The largest absolute Gasteiger partial charge is 0.369 e. The van der Waals surface area contributed by atoms with Gasteiger partial charge in [0.05, 0.1) is 10.7 Å². The average Bonchev–Trinajstić information content (AvgIpc) is 2.43. The molecular weight excluding hydrogens is 276 g/mol. The molecule has 0 spiro atoms.